The first-order valence-electron chi connectivity index (χ1n) is 5.73. The highest BCUT2D eigenvalue weighted by Gasteiger charge is 2.24. The molecule has 0 fully saturated rings. The quantitative estimate of drug-likeness (QED) is 0.839. The van der Waals surface area contributed by atoms with Crippen molar-refractivity contribution in [3.63, 3.8) is 0 Å². The van der Waals surface area contributed by atoms with E-state index in [1.165, 1.54) is 11.1 Å². The molecule has 0 amide bonds. The van der Waals surface area contributed by atoms with Crippen LogP contribution in [-0.4, -0.2) is 7.05 Å². The van der Waals surface area contributed by atoms with Crippen molar-refractivity contribution in [2.24, 2.45) is 11.8 Å². The molecule has 16 heavy (non-hydrogen) atoms. The second-order valence-electron chi connectivity index (χ2n) is 4.58. The second kappa shape index (κ2) is 5.67. The zero-order valence-electron chi connectivity index (χ0n) is 10.5. The van der Waals surface area contributed by atoms with Crippen LogP contribution >= 0.6 is 0 Å². The summed E-state index contributed by atoms with van der Waals surface area (Å²) in [5.74, 6) is 0.356. The van der Waals surface area contributed by atoms with Gasteiger partial charge in [0.15, 0.2) is 0 Å². The zero-order chi connectivity index (χ0) is 12.1. The summed E-state index contributed by atoms with van der Waals surface area (Å²) in [5.41, 5.74) is 2.43. The molecule has 0 aliphatic carbocycles. The van der Waals surface area contributed by atoms with Gasteiger partial charge in [0.25, 0.3) is 0 Å². The van der Waals surface area contributed by atoms with Crippen LogP contribution in [0.4, 0.5) is 0 Å². The van der Waals surface area contributed by atoms with Crippen molar-refractivity contribution in [3.05, 3.63) is 35.4 Å². The maximum absolute atomic E-state index is 9.24. The lowest BCUT2D eigenvalue weighted by molar-refractivity contribution is 0.363. The van der Waals surface area contributed by atoms with Crippen LogP contribution in [0, 0.1) is 30.1 Å². The third kappa shape index (κ3) is 2.84. The van der Waals surface area contributed by atoms with Gasteiger partial charge >= 0.3 is 0 Å². The molecule has 1 aromatic rings. The minimum absolute atomic E-state index is 0.00630. The lowest BCUT2D eigenvalue weighted by Crippen LogP contribution is -2.27. The average molecular weight is 216 g/mol. The highest BCUT2D eigenvalue weighted by Crippen LogP contribution is 2.27. The van der Waals surface area contributed by atoms with Crippen molar-refractivity contribution in [1.29, 1.82) is 5.26 Å². The summed E-state index contributed by atoms with van der Waals surface area (Å²) in [6, 6.07) is 10.9. The summed E-state index contributed by atoms with van der Waals surface area (Å²) in [6.45, 7) is 6.26. The number of aryl methyl sites for hydroxylation is 1. The summed E-state index contributed by atoms with van der Waals surface area (Å²) < 4.78 is 0. The smallest absolute Gasteiger partial charge is 0.0681 e. The number of rotatable bonds is 4. The first-order chi connectivity index (χ1) is 7.60. The molecule has 2 unspecified atom stereocenters. The van der Waals surface area contributed by atoms with Crippen LogP contribution in [-0.2, 0) is 0 Å². The Balaban J connectivity index is 3.02. The van der Waals surface area contributed by atoms with E-state index in [1.807, 2.05) is 13.1 Å². The van der Waals surface area contributed by atoms with Crippen LogP contribution in [0.25, 0.3) is 0 Å². The van der Waals surface area contributed by atoms with Crippen molar-refractivity contribution < 1.29 is 0 Å². The first-order valence-corrected chi connectivity index (χ1v) is 5.73. The summed E-state index contributed by atoms with van der Waals surface area (Å²) in [5, 5.41) is 12.5. The summed E-state index contributed by atoms with van der Waals surface area (Å²) in [7, 11) is 1.92. The van der Waals surface area contributed by atoms with Gasteiger partial charge in [-0.1, -0.05) is 43.7 Å². The molecule has 2 heteroatoms. The van der Waals surface area contributed by atoms with Gasteiger partial charge < -0.3 is 5.32 Å². The Morgan fingerprint density at radius 1 is 1.31 bits per heavy atom. The van der Waals surface area contributed by atoms with Crippen molar-refractivity contribution in [2.45, 2.75) is 26.8 Å². The fourth-order valence-corrected chi connectivity index (χ4v) is 2.03. The number of nitrogens with zero attached hydrogens (tertiary/aromatic N) is 1. The molecule has 86 valence electrons. The third-order valence-corrected chi connectivity index (χ3v) is 2.94. The van der Waals surface area contributed by atoms with Gasteiger partial charge in [-0.3, -0.25) is 0 Å². The number of nitriles is 1. The van der Waals surface area contributed by atoms with Crippen LogP contribution in [0.3, 0.4) is 0 Å². The summed E-state index contributed by atoms with van der Waals surface area (Å²) in [4.78, 5) is 0. The highest BCUT2D eigenvalue weighted by molar-refractivity contribution is 5.26. The van der Waals surface area contributed by atoms with Crippen LogP contribution < -0.4 is 5.32 Å². The Labute approximate surface area is 98.3 Å². The Bertz CT molecular complexity index is 377. The van der Waals surface area contributed by atoms with E-state index in [2.05, 4.69) is 50.4 Å². The maximum atomic E-state index is 9.24. The van der Waals surface area contributed by atoms with E-state index in [1.54, 1.807) is 0 Å². The monoisotopic (exact) mass is 216 g/mol. The molecule has 1 N–H and O–H groups in total. The molecule has 0 radical (unpaired) electrons. The van der Waals surface area contributed by atoms with Gasteiger partial charge in [-0.25, -0.2) is 0 Å². The van der Waals surface area contributed by atoms with Crippen molar-refractivity contribution in [3.8, 4) is 6.07 Å². The molecule has 0 aliphatic rings. The molecule has 0 spiro atoms. The molecule has 0 aromatic heterocycles. The Morgan fingerprint density at radius 3 is 2.44 bits per heavy atom. The van der Waals surface area contributed by atoms with Gasteiger partial charge in [0.2, 0.25) is 0 Å². The predicted octanol–water partition coefficient (Wildman–Crippen LogP) is 3.05. The van der Waals surface area contributed by atoms with Crippen molar-refractivity contribution in [2.75, 3.05) is 7.05 Å². The van der Waals surface area contributed by atoms with E-state index in [4.69, 9.17) is 0 Å². The van der Waals surface area contributed by atoms with Crippen LogP contribution in [0.2, 0.25) is 0 Å². The molecule has 0 heterocycles. The Morgan fingerprint density at radius 2 is 2.00 bits per heavy atom. The lowest BCUT2D eigenvalue weighted by Gasteiger charge is -2.25. The van der Waals surface area contributed by atoms with Crippen molar-refractivity contribution in [1.82, 2.24) is 5.32 Å². The SMILES string of the molecule is CNC(c1cccc(C)c1)C(C#N)C(C)C. The number of benzene rings is 1. The summed E-state index contributed by atoms with van der Waals surface area (Å²) >= 11 is 0. The third-order valence-electron chi connectivity index (χ3n) is 2.94. The van der Waals surface area contributed by atoms with Crippen molar-refractivity contribution >= 4 is 0 Å². The summed E-state index contributed by atoms with van der Waals surface area (Å²) in [6.07, 6.45) is 0. The predicted molar refractivity (Wildman–Crippen MR) is 66.9 cm³/mol. The van der Waals surface area contributed by atoms with E-state index in [9.17, 15) is 5.26 Å². The van der Waals surface area contributed by atoms with Gasteiger partial charge in [0, 0.05) is 6.04 Å². The fourth-order valence-electron chi connectivity index (χ4n) is 2.03. The average Bonchev–Trinajstić information content (AvgIpc) is 2.25. The van der Waals surface area contributed by atoms with E-state index in [0.29, 0.717) is 5.92 Å². The fraction of sp³-hybridized carbons (Fsp3) is 0.500. The van der Waals surface area contributed by atoms with E-state index in [0.717, 1.165) is 0 Å². The standard InChI is InChI=1S/C14H20N2/c1-10(2)13(9-15)14(16-4)12-7-5-6-11(3)8-12/h5-8,10,13-14,16H,1-4H3. The Kier molecular flexibility index (Phi) is 4.52. The molecule has 2 nitrogen and oxygen atoms in total. The molecular formula is C14H20N2. The molecular weight excluding hydrogens is 196 g/mol. The van der Waals surface area contributed by atoms with E-state index >= 15 is 0 Å². The molecule has 1 rings (SSSR count). The largest absolute Gasteiger partial charge is 0.312 e. The van der Waals surface area contributed by atoms with Gasteiger partial charge in [0.1, 0.15) is 0 Å². The highest BCUT2D eigenvalue weighted by atomic mass is 14.9. The number of hydrogen-bond acceptors (Lipinski definition) is 2. The van der Waals surface area contributed by atoms with Gasteiger partial charge in [0.05, 0.1) is 12.0 Å². The van der Waals surface area contributed by atoms with E-state index in [-0.39, 0.29) is 12.0 Å². The molecule has 0 saturated carbocycles. The zero-order valence-corrected chi connectivity index (χ0v) is 10.5. The van der Waals surface area contributed by atoms with E-state index < -0.39 is 0 Å². The second-order valence-corrected chi connectivity index (χ2v) is 4.58. The Hall–Kier alpha value is -1.33. The van der Waals surface area contributed by atoms with Crippen LogP contribution in [0.1, 0.15) is 31.0 Å². The molecule has 2 atom stereocenters. The molecule has 0 saturated heterocycles. The van der Waals surface area contributed by atoms with Gasteiger partial charge in [-0.05, 0) is 25.5 Å². The first kappa shape index (κ1) is 12.7. The van der Waals surface area contributed by atoms with Gasteiger partial charge in [-0.2, -0.15) is 5.26 Å². The number of nitrogens with one attached hydrogen (secondary N) is 1. The molecule has 0 bridgehead atoms. The lowest BCUT2D eigenvalue weighted by atomic mass is 9.85. The molecule has 1 aromatic carbocycles. The van der Waals surface area contributed by atoms with Crippen LogP contribution in [0.5, 0.6) is 0 Å². The minimum Gasteiger partial charge on any atom is -0.312 e. The topological polar surface area (TPSA) is 35.8 Å². The molecule has 0 aliphatic heterocycles. The number of hydrogen-bond donors (Lipinski definition) is 1. The van der Waals surface area contributed by atoms with Crippen LogP contribution in [0.15, 0.2) is 24.3 Å². The maximum Gasteiger partial charge on any atom is 0.0681 e. The normalized spacial score (nSPS) is 14.5. The van der Waals surface area contributed by atoms with Gasteiger partial charge in [-0.15, -0.1) is 0 Å². The minimum atomic E-state index is 0.00630.